The number of hydrogen-bond donors (Lipinski definition) is 0. The van der Waals surface area contributed by atoms with Gasteiger partial charge >= 0.3 is 0 Å². The van der Waals surface area contributed by atoms with Crippen molar-refractivity contribution in [1.29, 1.82) is 0 Å². The number of amides is 1. The molecule has 0 spiro atoms. The van der Waals surface area contributed by atoms with E-state index < -0.39 is 4.75 Å². The highest BCUT2D eigenvalue weighted by atomic mass is 32.2. The number of hydrogen-bond acceptors (Lipinski definition) is 3. The van der Waals surface area contributed by atoms with Gasteiger partial charge in [0.25, 0.3) is 5.91 Å². The minimum absolute atomic E-state index is 0.00218. The van der Waals surface area contributed by atoms with Gasteiger partial charge in [0.05, 0.1) is 5.04 Å². The summed E-state index contributed by atoms with van der Waals surface area (Å²) in [6, 6.07) is 3.87. The molecule has 2 aliphatic carbocycles. The fraction of sp³-hybridized carbons (Fsp3) is 0.588. The molecule has 21 heavy (non-hydrogen) atoms. The molecule has 110 valence electrons. The SMILES string of the molecule is CC1(c2ccncc2)SC(CC23CCC(CC2)C3)=NC1=O. The minimum Gasteiger partial charge on any atom is -0.271 e. The first-order valence-electron chi connectivity index (χ1n) is 7.81. The van der Waals surface area contributed by atoms with Crippen LogP contribution in [0.5, 0.6) is 0 Å². The fourth-order valence-corrected chi connectivity index (χ4v) is 5.70. The molecule has 1 unspecified atom stereocenters. The molecule has 1 atom stereocenters. The predicted octanol–water partition coefficient (Wildman–Crippen LogP) is 3.94. The van der Waals surface area contributed by atoms with E-state index in [9.17, 15) is 4.79 Å². The van der Waals surface area contributed by atoms with Crippen molar-refractivity contribution < 1.29 is 4.79 Å². The molecule has 0 radical (unpaired) electrons. The third-order valence-corrected chi connectivity index (χ3v) is 6.89. The molecule has 4 rings (SSSR count). The maximum atomic E-state index is 12.5. The van der Waals surface area contributed by atoms with E-state index in [0.29, 0.717) is 5.41 Å². The van der Waals surface area contributed by atoms with Gasteiger partial charge in [0.15, 0.2) is 0 Å². The van der Waals surface area contributed by atoms with Crippen LogP contribution in [0.15, 0.2) is 29.5 Å². The Hall–Kier alpha value is -1.16. The number of thioether (sulfide) groups is 1. The summed E-state index contributed by atoms with van der Waals surface area (Å²) >= 11 is 1.67. The monoisotopic (exact) mass is 300 g/mol. The minimum atomic E-state index is -0.550. The lowest BCUT2D eigenvalue weighted by molar-refractivity contribution is -0.119. The number of pyridine rings is 1. The average molecular weight is 300 g/mol. The lowest BCUT2D eigenvalue weighted by Gasteiger charge is -2.27. The number of aromatic nitrogens is 1. The average Bonchev–Trinajstić information content (AvgIpc) is 3.15. The largest absolute Gasteiger partial charge is 0.271 e. The molecule has 0 saturated heterocycles. The first-order valence-corrected chi connectivity index (χ1v) is 8.63. The van der Waals surface area contributed by atoms with Crippen LogP contribution < -0.4 is 0 Å². The summed E-state index contributed by atoms with van der Waals surface area (Å²) < 4.78 is -0.550. The summed E-state index contributed by atoms with van der Waals surface area (Å²) in [5.41, 5.74) is 1.47. The van der Waals surface area contributed by atoms with E-state index in [-0.39, 0.29) is 5.91 Å². The van der Waals surface area contributed by atoms with Crippen LogP contribution in [-0.4, -0.2) is 15.9 Å². The standard InChI is InChI=1S/C17H20N2OS/c1-16(13-4-8-18-9-5-13)15(20)19-14(21-16)11-17-6-2-12(10-17)3-7-17/h4-5,8-9,12H,2-3,6-7,10-11H2,1H3. The van der Waals surface area contributed by atoms with E-state index in [2.05, 4.69) is 9.98 Å². The van der Waals surface area contributed by atoms with Crippen LogP contribution in [0, 0.1) is 11.3 Å². The van der Waals surface area contributed by atoms with Gasteiger partial charge in [-0.1, -0.05) is 11.8 Å². The number of aliphatic imine (C=N–C) groups is 1. The second-order valence-electron chi connectivity index (χ2n) is 7.01. The van der Waals surface area contributed by atoms with Crippen LogP contribution in [0.4, 0.5) is 0 Å². The van der Waals surface area contributed by atoms with Gasteiger partial charge in [-0.25, -0.2) is 4.99 Å². The van der Waals surface area contributed by atoms with Crippen LogP contribution in [0.25, 0.3) is 0 Å². The molecule has 0 aromatic carbocycles. The van der Waals surface area contributed by atoms with Crippen LogP contribution in [0.1, 0.15) is 51.0 Å². The summed E-state index contributed by atoms with van der Waals surface area (Å²) in [5.74, 6) is 0.942. The van der Waals surface area contributed by atoms with Crippen LogP contribution in [0.3, 0.4) is 0 Å². The second kappa shape index (κ2) is 4.67. The smallest absolute Gasteiger partial charge is 0.267 e. The molecule has 0 N–H and O–H groups in total. The molecule has 3 aliphatic rings. The van der Waals surface area contributed by atoms with Crippen molar-refractivity contribution in [2.75, 3.05) is 0 Å². The Morgan fingerprint density at radius 2 is 2.00 bits per heavy atom. The van der Waals surface area contributed by atoms with E-state index in [1.54, 1.807) is 24.2 Å². The third-order valence-electron chi connectivity index (χ3n) is 5.60. The van der Waals surface area contributed by atoms with Crippen molar-refractivity contribution in [3.63, 3.8) is 0 Å². The Morgan fingerprint density at radius 1 is 1.29 bits per heavy atom. The fourth-order valence-electron chi connectivity index (χ4n) is 4.33. The quantitative estimate of drug-likeness (QED) is 0.849. The highest BCUT2D eigenvalue weighted by Gasteiger charge is 2.49. The van der Waals surface area contributed by atoms with Gasteiger partial charge in [-0.15, -0.1) is 0 Å². The normalized spacial score (nSPS) is 38.0. The van der Waals surface area contributed by atoms with Gasteiger partial charge in [-0.05, 0) is 68.1 Å². The van der Waals surface area contributed by atoms with Crippen LogP contribution in [0.2, 0.25) is 0 Å². The molecule has 1 aliphatic heterocycles. The van der Waals surface area contributed by atoms with E-state index in [1.165, 1.54) is 32.1 Å². The van der Waals surface area contributed by atoms with Crippen molar-refractivity contribution in [3.8, 4) is 0 Å². The molecule has 2 saturated carbocycles. The van der Waals surface area contributed by atoms with Crippen molar-refractivity contribution >= 4 is 22.7 Å². The van der Waals surface area contributed by atoms with Crippen molar-refractivity contribution in [2.24, 2.45) is 16.3 Å². The molecular weight excluding hydrogens is 280 g/mol. The second-order valence-corrected chi connectivity index (χ2v) is 8.50. The zero-order chi connectivity index (χ0) is 14.5. The third kappa shape index (κ3) is 2.15. The summed E-state index contributed by atoms with van der Waals surface area (Å²) in [6.07, 6.45) is 11.3. The predicted molar refractivity (Wildman–Crippen MR) is 85.2 cm³/mol. The van der Waals surface area contributed by atoms with E-state index in [1.807, 2.05) is 19.1 Å². The first-order chi connectivity index (χ1) is 10.1. The molecule has 3 nitrogen and oxygen atoms in total. The van der Waals surface area contributed by atoms with Gasteiger partial charge in [0.1, 0.15) is 4.75 Å². The number of nitrogens with zero attached hydrogens (tertiary/aromatic N) is 2. The Bertz CT molecular complexity index is 604. The van der Waals surface area contributed by atoms with Crippen molar-refractivity contribution in [1.82, 2.24) is 4.98 Å². The van der Waals surface area contributed by atoms with Gasteiger partial charge in [0.2, 0.25) is 0 Å². The number of carbonyl (C=O) groups excluding carboxylic acids is 1. The lowest BCUT2D eigenvalue weighted by atomic mass is 9.81. The topological polar surface area (TPSA) is 42.3 Å². The van der Waals surface area contributed by atoms with E-state index in [4.69, 9.17) is 0 Å². The highest BCUT2D eigenvalue weighted by molar-refractivity contribution is 8.15. The lowest BCUT2D eigenvalue weighted by Crippen LogP contribution is -2.24. The van der Waals surface area contributed by atoms with Gasteiger partial charge < -0.3 is 0 Å². The van der Waals surface area contributed by atoms with E-state index in [0.717, 1.165) is 22.9 Å². The first kappa shape index (κ1) is 13.5. The number of carbonyl (C=O) groups is 1. The zero-order valence-electron chi connectivity index (χ0n) is 12.3. The van der Waals surface area contributed by atoms with Crippen molar-refractivity contribution in [3.05, 3.63) is 30.1 Å². The van der Waals surface area contributed by atoms with Crippen LogP contribution >= 0.6 is 11.8 Å². The molecule has 1 amide bonds. The maximum absolute atomic E-state index is 12.5. The summed E-state index contributed by atoms with van der Waals surface area (Å²) in [4.78, 5) is 20.9. The molecule has 2 bridgehead atoms. The molecule has 2 heterocycles. The molecule has 2 fully saturated rings. The number of fused-ring (bicyclic) bond motifs is 2. The van der Waals surface area contributed by atoms with Gasteiger partial charge in [-0.3, -0.25) is 9.78 Å². The molecular formula is C17H20N2OS. The van der Waals surface area contributed by atoms with Gasteiger partial charge in [-0.2, -0.15) is 0 Å². The van der Waals surface area contributed by atoms with E-state index >= 15 is 0 Å². The van der Waals surface area contributed by atoms with Gasteiger partial charge in [0, 0.05) is 18.8 Å². The summed E-state index contributed by atoms with van der Waals surface area (Å²) in [7, 11) is 0. The Kier molecular flexibility index (Phi) is 3.00. The highest BCUT2D eigenvalue weighted by Crippen LogP contribution is 2.58. The molecule has 4 heteroatoms. The Morgan fingerprint density at radius 3 is 2.62 bits per heavy atom. The molecule has 1 aromatic heterocycles. The summed E-state index contributed by atoms with van der Waals surface area (Å²) in [6.45, 7) is 2.00. The molecule has 1 aromatic rings. The Balaban J connectivity index is 1.55. The van der Waals surface area contributed by atoms with Crippen molar-refractivity contribution in [2.45, 2.75) is 50.2 Å². The van der Waals surface area contributed by atoms with Crippen LogP contribution in [-0.2, 0) is 9.54 Å². The zero-order valence-corrected chi connectivity index (χ0v) is 13.2. The Labute approximate surface area is 129 Å². The maximum Gasteiger partial charge on any atom is 0.267 e. The summed E-state index contributed by atoms with van der Waals surface area (Å²) in [5, 5.41) is 1.06. The number of rotatable bonds is 3.